The number of amides is 3. The molecule has 126 valence electrons. The summed E-state index contributed by atoms with van der Waals surface area (Å²) in [6.07, 6.45) is 6.23. The van der Waals surface area contributed by atoms with Crippen LogP contribution in [0.25, 0.3) is 0 Å². The molecule has 1 aromatic rings. The molecule has 0 unspecified atom stereocenters. The lowest BCUT2D eigenvalue weighted by atomic mass is 10.1. The Hall–Kier alpha value is -2.05. The highest BCUT2D eigenvalue weighted by molar-refractivity contribution is 5.87. The fraction of sp³-hybridized carbons (Fsp3) is 0.688. The van der Waals surface area contributed by atoms with E-state index in [0.29, 0.717) is 24.3 Å². The van der Waals surface area contributed by atoms with Crippen molar-refractivity contribution >= 4 is 17.8 Å². The maximum Gasteiger partial charge on any atom is 0.317 e. The molecule has 23 heavy (non-hydrogen) atoms. The molecule has 1 saturated carbocycles. The second-order valence-corrected chi connectivity index (χ2v) is 6.71. The van der Waals surface area contributed by atoms with E-state index in [2.05, 4.69) is 22.7 Å². The highest BCUT2D eigenvalue weighted by Crippen LogP contribution is 2.26. The summed E-state index contributed by atoms with van der Waals surface area (Å²) in [7, 11) is 0. The topological polar surface area (TPSA) is 79.3 Å². The Labute approximate surface area is 136 Å². The van der Waals surface area contributed by atoms with Gasteiger partial charge in [0.2, 0.25) is 5.91 Å². The SMILES string of the molecule is CC(=O)Nc1ccn([C@@H]2CCN(C(=O)N[C@H]3CCC[C@H]3C)C2)n1. The van der Waals surface area contributed by atoms with Gasteiger partial charge >= 0.3 is 6.03 Å². The summed E-state index contributed by atoms with van der Waals surface area (Å²) in [6, 6.07) is 2.31. The van der Waals surface area contributed by atoms with Gasteiger partial charge in [0.1, 0.15) is 0 Å². The van der Waals surface area contributed by atoms with Crippen LogP contribution < -0.4 is 10.6 Å². The third kappa shape index (κ3) is 3.65. The molecule has 3 amide bonds. The number of likely N-dealkylation sites (tertiary alicyclic amines) is 1. The summed E-state index contributed by atoms with van der Waals surface area (Å²) in [5.74, 6) is 0.997. The maximum atomic E-state index is 12.4. The molecule has 0 spiro atoms. The number of nitrogens with zero attached hydrogens (tertiary/aromatic N) is 3. The number of carbonyl (C=O) groups excluding carboxylic acids is 2. The minimum atomic E-state index is -0.131. The number of rotatable bonds is 3. The maximum absolute atomic E-state index is 12.4. The van der Waals surface area contributed by atoms with E-state index >= 15 is 0 Å². The fourth-order valence-corrected chi connectivity index (χ4v) is 3.54. The predicted molar refractivity (Wildman–Crippen MR) is 87.1 cm³/mol. The molecule has 7 heteroatoms. The van der Waals surface area contributed by atoms with Gasteiger partial charge in [0.05, 0.1) is 6.04 Å². The van der Waals surface area contributed by atoms with Gasteiger partial charge in [-0.15, -0.1) is 0 Å². The zero-order valence-electron chi connectivity index (χ0n) is 13.8. The van der Waals surface area contributed by atoms with E-state index in [4.69, 9.17) is 0 Å². The van der Waals surface area contributed by atoms with Gasteiger partial charge in [-0.1, -0.05) is 13.3 Å². The average Bonchev–Trinajstić information content (AvgIpc) is 3.19. The van der Waals surface area contributed by atoms with Crippen LogP contribution in [0.3, 0.4) is 0 Å². The summed E-state index contributed by atoms with van der Waals surface area (Å²) < 4.78 is 1.84. The van der Waals surface area contributed by atoms with Crippen LogP contribution in [0.5, 0.6) is 0 Å². The molecule has 7 nitrogen and oxygen atoms in total. The van der Waals surface area contributed by atoms with E-state index < -0.39 is 0 Å². The predicted octanol–water partition coefficient (Wildman–Crippen LogP) is 1.99. The van der Waals surface area contributed by atoms with Gasteiger partial charge in [0.15, 0.2) is 5.82 Å². The van der Waals surface area contributed by atoms with Crippen molar-refractivity contribution in [1.82, 2.24) is 20.0 Å². The monoisotopic (exact) mass is 319 g/mol. The smallest absolute Gasteiger partial charge is 0.317 e. The van der Waals surface area contributed by atoms with Gasteiger partial charge < -0.3 is 15.5 Å². The number of urea groups is 1. The Morgan fingerprint density at radius 1 is 1.30 bits per heavy atom. The average molecular weight is 319 g/mol. The zero-order valence-corrected chi connectivity index (χ0v) is 13.8. The molecular weight excluding hydrogens is 294 g/mol. The molecule has 2 fully saturated rings. The van der Waals surface area contributed by atoms with Crippen molar-refractivity contribution < 1.29 is 9.59 Å². The van der Waals surface area contributed by atoms with Crippen LogP contribution in [0.15, 0.2) is 12.3 Å². The molecular formula is C16H25N5O2. The standard InChI is InChI=1S/C16H25N5O2/c1-11-4-3-5-14(11)18-16(23)20-8-6-13(10-20)21-9-7-15(19-21)17-12(2)22/h7,9,11,13-14H,3-6,8,10H2,1-2H3,(H,18,23)(H,17,19,22)/t11-,13-,14+/m1/s1. The number of hydrogen-bond acceptors (Lipinski definition) is 3. The molecule has 0 radical (unpaired) electrons. The first-order valence-corrected chi connectivity index (χ1v) is 8.41. The second-order valence-electron chi connectivity index (χ2n) is 6.71. The van der Waals surface area contributed by atoms with Gasteiger partial charge in [-0.05, 0) is 25.2 Å². The lowest BCUT2D eigenvalue weighted by molar-refractivity contribution is -0.114. The number of hydrogen-bond donors (Lipinski definition) is 2. The summed E-state index contributed by atoms with van der Waals surface area (Å²) >= 11 is 0. The molecule has 2 N–H and O–H groups in total. The van der Waals surface area contributed by atoms with Crippen molar-refractivity contribution in [3.8, 4) is 0 Å². The molecule has 2 aliphatic rings. The highest BCUT2D eigenvalue weighted by Gasteiger charge is 2.31. The lowest BCUT2D eigenvalue weighted by Crippen LogP contribution is -2.44. The van der Waals surface area contributed by atoms with Crippen molar-refractivity contribution in [2.75, 3.05) is 18.4 Å². The molecule has 2 heterocycles. The van der Waals surface area contributed by atoms with Crippen LogP contribution in [0.4, 0.5) is 10.6 Å². The van der Waals surface area contributed by atoms with Crippen molar-refractivity contribution in [3.05, 3.63) is 12.3 Å². The quantitative estimate of drug-likeness (QED) is 0.894. The van der Waals surface area contributed by atoms with Crippen LogP contribution in [0, 0.1) is 5.92 Å². The number of carbonyl (C=O) groups is 2. The first-order chi connectivity index (χ1) is 11.0. The van der Waals surface area contributed by atoms with E-state index in [1.54, 1.807) is 6.07 Å². The van der Waals surface area contributed by atoms with Gasteiger partial charge in [-0.3, -0.25) is 9.48 Å². The van der Waals surface area contributed by atoms with E-state index in [9.17, 15) is 9.59 Å². The van der Waals surface area contributed by atoms with Crippen LogP contribution in [0.2, 0.25) is 0 Å². The molecule has 1 saturated heterocycles. The Bertz CT molecular complexity index is 585. The van der Waals surface area contributed by atoms with Gasteiger partial charge in [0.25, 0.3) is 0 Å². The third-order valence-corrected chi connectivity index (χ3v) is 4.91. The van der Waals surface area contributed by atoms with Gasteiger partial charge in [-0.25, -0.2) is 4.79 Å². The van der Waals surface area contributed by atoms with Crippen molar-refractivity contribution in [1.29, 1.82) is 0 Å². The summed E-state index contributed by atoms with van der Waals surface area (Å²) in [5.41, 5.74) is 0. The molecule has 0 aromatic carbocycles. The molecule has 1 aliphatic carbocycles. The highest BCUT2D eigenvalue weighted by atomic mass is 16.2. The lowest BCUT2D eigenvalue weighted by Gasteiger charge is -2.23. The Balaban J connectivity index is 1.54. The summed E-state index contributed by atoms with van der Waals surface area (Å²) in [5, 5.41) is 10.2. The van der Waals surface area contributed by atoms with Crippen LogP contribution in [-0.2, 0) is 4.79 Å². The van der Waals surface area contributed by atoms with Crippen LogP contribution in [0.1, 0.15) is 45.6 Å². The zero-order chi connectivity index (χ0) is 16.4. The van der Waals surface area contributed by atoms with Crippen molar-refractivity contribution in [3.63, 3.8) is 0 Å². The molecule has 3 rings (SSSR count). The first kappa shape index (κ1) is 15.8. The summed E-state index contributed by atoms with van der Waals surface area (Å²) in [6.45, 7) is 5.07. The fourth-order valence-electron chi connectivity index (χ4n) is 3.54. The molecule has 3 atom stereocenters. The Morgan fingerprint density at radius 2 is 2.13 bits per heavy atom. The van der Waals surface area contributed by atoms with Crippen molar-refractivity contribution in [2.45, 2.75) is 51.6 Å². The van der Waals surface area contributed by atoms with Crippen LogP contribution >= 0.6 is 0 Å². The largest absolute Gasteiger partial charge is 0.335 e. The number of anilines is 1. The first-order valence-electron chi connectivity index (χ1n) is 8.41. The molecule has 0 bridgehead atoms. The third-order valence-electron chi connectivity index (χ3n) is 4.91. The molecule has 1 aliphatic heterocycles. The van der Waals surface area contributed by atoms with E-state index in [0.717, 1.165) is 19.4 Å². The van der Waals surface area contributed by atoms with E-state index in [1.165, 1.54) is 19.8 Å². The van der Waals surface area contributed by atoms with Gasteiger partial charge in [-0.2, -0.15) is 5.10 Å². The van der Waals surface area contributed by atoms with Gasteiger partial charge in [0, 0.05) is 38.3 Å². The van der Waals surface area contributed by atoms with Crippen molar-refractivity contribution in [2.24, 2.45) is 5.92 Å². The van der Waals surface area contributed by atoms with Crippen LogP contribution in [-0.4, -0.2) is 45.8 Å². The Kier molecular flexibility index (Phi) is 4.54. The normalized spacial score (nSPS) is 27.2. The summed E-state index contributed by atoms with van der Waals surface area (Å²) in [4.78, 5) is 25.3. The second kappa shape index (κ2) is 6.60. The number of nitrogens with one attached hydrogen (secondary N) is 2. The van der Waals surface area contributed by atoms with E-state index in [-0.39, 0.29) is 18.0 Å². The van der Waals surface area contributed by atoms with E-state index in [1.807, 2.05) is 15.8 Å². The molecule has 1 aromatic heterocycles. The Morgan fingerprint density at radius 3 is 2.83 bits per heavy atom. The minimum absolute atomic E-state index is 0.0421. The minimum Gasteiger partial charge on any atom is -0.335 e. The number of aromatic nitrogens is 2.